The zero-order valence-corrected chi connectivity index (χ0v) is 22.9. The Morgan fingerprint density at radius 2 is 1.70 bits per heavy atom. The van der Waals surface area contributed by atoms with Crippen LogP contribution in [-0.2, 0) is 11.2 Å². The maximum absolute atomic E-state index is 12.1. The fourth-order valence-electron chi connectivity index (χ4n) is 3.43. The number of hydrogen-bond donors (Lipinski definition) is 4. The van der Waals surface area contributed by atoms with Crippen molar-refractivity contribution < 1.29 is 14.3 Å². The fraction of sp³-hybridized carbons (Fsp3) is 0.259. The van der Waals surface area contributed by atoms with Gasteiger partial charge in [0.05, 0.1) is 24.3 Å². The SMILES string of the molecule is COc1cc(OC)c(Cl)c(/C(=C/C(=C/N)C(=N)N)CCc2ccc(NC(=O)/C=C/CN(C)C)cc2)c1Cl. The molecule has 8 nitrogen and oxygen atoms in total. The smallest absolute Gasteiger partial charge is 0.248 e. The molecule has 10 heteroatoms. The minimum Gasteiger partial charge on any atom is -0.495 e. The fourth-order valence-corrected chi connectivity index (χ4v) is 4.17. The molecular weight excluding hydrogens is 513 g/mol. The first kappa shape index (κ1) is 29.8. The van der Waals surface area contributed by atoms with Gasteiger partial charge in [0.1, 0.15) is 17.3 Å². The maximum Gasteiger partial charge on any atom is 0.248 e. The number of carbonyl (C=O) groups is 1. The normalized spacial score (nSPS) is 12.2. The molecule has 2 rings (SSSR count). The molecule has 0 heterocycles. The van der Waals surface area contributed by atoms with Gasteiger partial charge in [-0.2, -0.15) is 0 Å². The minimum atomic E-state index is -0.193. The topological polar surface area (TPSA) is 127 Å². The molecule has 0 unspecified atom stereocenters. The van der Waals surface area contributed by atoms with Crippen molar-refractivity contribution in [2.24, 2.45) is 11.5 Å². The van der Waals surface area contributed by atoms with E-state index in [-0.39, 0.29) is 11.7 Å². The molecule has 0 fully saturated rings. The van der Waals surface area contributed by atoms with Crippen molar-refractivity contribution in [3.8, 4) is 11.5 Å². The van der Waals surface area contributed by atoms with Gasteiger partial charge in [0.25, 0.3) is 0 Å². The van der Waals surface area contributed by atoms with Crippen LogP contribution >= 0.6 is 23.2 Å². The van der Waals surface area contributed by atoms with Gasteiger partial charge in [-0.25, -0.2) is 0 Å². The summed E-state index contributed by atoms with van der Waals surface area (Å²) < 4.78 is 10.8. The molecule has 198 valence electrons. The molecule has 0 aliphatic heterocycles. The van der Waals surface area contributed by atoms with Gasteiger partial charge >= 0.3 is 0 Å². The number of rotatable bonds is 12. The van der Waals surface area contributed by atoms with Gasteiger partial charge in [-0.1, -0.05) is 41.4 Å². The van der Waals surface area contributed by atoms with Crippen molar-refractivity contribution in [1.82, 2.24) is 4.90 Å². The molecular formula is C27H33Cl2N5O3. The van der Waals surface area contributed by atoms with Crippen LogP contribution in [-0.4, -0.2) is 51.5 Å². The summed E-state index contributed by atoms with van der Waals surface area (Å²) >= 11 is 13.3. The van der Waals surface area contributed by atoms with Gasteiger partial charge in [0.2, 0.25) is 5.91 Å². The molecule has 0 saturated heterocycles. The molecule has 37 heavy (non-hydrogen) atoms. The number of anilines is 1. The van der Waals surface area contributed by atoms with E-state index in [1.165, 1.54) is 26.5 Å². The Balaban J connectivity index is 2.33. The number of aryl methyl sites for hydroxylation is 1. The summed E-state index contributed by atoms with van der Waals surface area (Å²) in [6.45, 7) is 0.681. The van der Waals surface area contributed by atoms with Gasteiger partial charge < -0.3 is 31.2 Å². The van der Waals surface area contributed by atoms with E-state index in [0.29, 0.717) is 63.3 Å². The Morgan fingerprint density at radius 3 is 2.19 bits per heavy atom. The van der Waals surface area contributed by atoms with E-state index in [1.807, 2.05) is 43.3 Å². The van der Waals surface area contributed by atoms with Crippen molar-refractivity contribution in [1.29, 1.82) is 5.41 Å². The number of allylic oxidation sites excluding steroid dienone is 1. The predicted molar refractivity (Wildman–Crippen MR) is 153 cm³/mol. The van der Waals surface area contributed by atoms with Crippen LogP contribution in [0.1, 0.15) is 17.5 Å². The molecule has 0 aliphatic carbocycles. The standard InChI is InChI=1S/C27H33Cl2N5O3/c1-34(2)13-5-6-23(35)33-20-11-8-17(9-12-20)7-10-18(14-19(16-30)27(31)32)24-25(28)21(36-3)15-22(37-4)26(24)29/h5-6,8-9,11-12,14-16H,7,10,13,30H2,1-4H3,(H3,31,32)(H,33,35)/b6-5+,18-14+,19-16-. The highest BCUT2D eigenvalue weighted by atomic mass is 35.5. The van der Waals surface area contributed by atoms with Gasteiger partial charge in [-0.15, -0.1) is 0 Å². The Bertz CT molecular complexity index is 1180. The minimum absolute atomic E-state index is 0.193. The van der Waals surface area contributed by atoms with Crippen LogP contribution in [0.4, 0.5) is 5.69 Å². The molecule has 6 N–H and O–H groups in total. The van der Waals surface area contributed by atoms with Gasteiger partial charge in [-0.3, -0.25) is 10.2 Å². The third kappa shape index (κ3) is 8.56. The molecule has 2 aromatic rings. The lowest BCUT2D eigenvalue weighted by molar-refractivity contribution is -0.111. The summed E-state index contributed by atoms with van der Waals surface area (Å²) in [6, 6.07) is 9.14. The maximum atomic E-state index is 12.1. The summed E-state index contributed by atoms with van der Waals surface area (Å²) in [5.41, 5.74) is 14.6. The third-order valence-electron chi connectivity index (χ3n) is 5.36. The summed E-state index contributed by atoms with van der Waals surface area (Å²) in [7, 11) is 6.87. The molecule has 1 amide bonds. The van der Waals surface area contributed by atoms with E-state index >= 15 is 0 Å². The summed E-state index contributed by atoms with van der Waals surface area (Å²) in [5, 5.41) is 11.3. The van der Waals surface area contributed by atoms with E-state index in [1.54, 1.807) is 18.2 Å². The molecule has 0 atom stereocenters. The number of nitrogens with zero attached hydrogens (tertiary/aromatic N) is 1. The summed E-state index contributed by atoms with van der Waals surface area (Å²) in [4.78, 5) is 14.1. The number of amides is 1. The van der Waals surface area contributed by atoms with Gasteiger partial charge in [-0.05, 0) is 56.3 Å². The number of nitrogens with two attached hydrogens (primary N) is 2. The van der Waals surface area contributed by atoms with E-state index in [2.05, 4.69) is 5.32 Å². The van der Waals surface area contributed by atoms with Crippen LogP contribution in [0.15, 0.2) is 60.3 Å². The molecule has 0 radical (unpaired) electrons. The van der Waals surface area contributed by atoms with Crippen LogP contribution in [0, 0.1) is 5.41 Å². The monoisotopic (exact) mass is 545 g/mol. The lowest BCUT2D eigenvalue weighted by Gasteiger charge is -2.18. The van der Waals surface area contributed by atoms with Crippen LogP contribution < -0.4 is 26.3 Å². The highest BCUT2D eigenvalue weighted by Crippen LogP contribution is 2.45. The lowest BCUT2D eigenvalue weighted by Crippen LogP contribution is -2.13. The Hall–Kier alpha value is -3.46. The van der Waals surface area contributed by atoms with E-state index in [4.69, 9.17) is 49.6 Å². The number of ether oxygens (including phenoxy) is 2. The highest BCUT2D eigenvalue weighted by Gasteiger charge is 2.21. The number of hydrogen-bond acceptors (Lipinski definition) is 6. The second-order valence-electron chi connectivity index (χ2n) is 8.34. The Labute approximate surface area is 228 Å². The number of carbonyl (C=O) groups excluding carboxylic acids is 1. The van der Waals surface area contributed by atoms with E-state index < -0.39 is 0 Å². The average molecular weight is 546 g/mol. The van der Waals surface area contributed by atoms with Crippen molar-refractivity contribution in [3.05, 3.63) is 81.5 Å². The largest absolute Gasteiger partial charge is 0.495 e. The van der Waals surface area contributed by atoms with Crippen LogP contribution in [0.3, 0.4) is 0 Å². The van der Waals surface area contributed by atoms with E-state index in [0.717, 1.165) is 5.56 Å². The number of nitrogens with one attached hydrogen (secondary N) is 2. The van der Waals surface area contributed by atoms with Crippen molar-refractivity contribution in [3.63, 3.8) is 0 Å². The zero-order chi connectivity index (χ0) is 27.5. The first-order chi connectivity index (χ1) is 17.6. The number of halogens is 2. The highest BCUT2D eigenvalue weighted by molar-refractivity contribution is 6.39. The van der Waals surface area contributed by atoms with Crippen LogP contribution in [0.2, 0.25) is 10.0 Å². The van der Waals surface area contributed by atoms with Crippen LogP contribution in [0.25, 0.3) is 5.57 Å². The molecule has 0 aromatic heterocycles. The van der Waals surface area contributed by atoms with Gasteiger partial charge in [0, 0.05) is 41.7 Å². The van der Waals surface area contributed by atoms with Crippen molar-refractivity contribution in [2.75, 3.05) is 40.2 Å². The average Bonchev–Trinajstić information content (AvgIpc) is 2.85. The molecule has 0 aliphatic rings. The van der Waals surface area contributed by atoms with Crippen molar-refractivity contribution in [2.45, 2.75) is 12.8 Å². The summed E-state index contributed by atoms with van der Waals surface area (Å²) in [6.07, 6.45) is 7.34. The molecule has 0 saturated carbocycles. The van der Waals surface area contributed by atoms with E-state index in [9.17, 15) is 4.79 Å². The Morgan fingerprint density at radius 1 is 1.11 bits per heavy atom. The number of likely N-dealkylation sites (N-methyl/N-ethyl adjacent to an activating group) is 1. The quantitative estimate of drug-likeness (QED) is 0.130. The Kier molecular flexibility index (Phi) is 11.5. The lowest BCUT2D eigenvalue weighted by atomic mass is 9.95. The first-order valence-electron chi connectivity index (χ1n) is 11.4. The second-order valence-corrected chi connectivity index (χ2v) is 9.10. The second kappa shape index (κ2) is 14.3. The number of amidine groups is 1. The first-order valence-corrected chi connectivity index (χ1v) is 12.1. The number of benzene rings is 2. The molecule has 0 bridgehead atoms. The molecule has 2 aromatic carbocycles. The summed E-state index contributed by atoms with van der Waals surface area (Å²) in [5.74, 6) is 0.400. The van der Waals surface area contributed by atoms with Crippen LogP contribution in [0.5, 0.6) is 11.5 Å². The molecule has 0 spiro atoms. The predicted octanol–water partition coefficient (Wildman–Crippen LogP) is 4.86. The van der Waals surface area contributed by atoms with Gasteiger partial charge in [0.15, 0.2) is 0 Å². The van der Waals surface area contributed by atoms with Crippen molar-refractivity contribution >= 4 is 46.2 Å². The number of methoxy groups -OCH3 is 2. The zero-order valence-electron chi connectivity index (χ0n) is 21.4. The third-order valence-corrected chi connectivity index (χ3v) is 6.11.